The minimum absolute atomic E-state index is 0. The third-order valence-electron chi connectivity index (χ3n) is 5.16. The van der Waals surface area contributed by atoms with Gasteiger partial charge in [-0.1, -0.05) is 11.6 Å². The van der Waals surface area contributed by atoms with Crippen molar-refractivity contribution in [2.45, 2.75) is 51.4 Å². The van der Waals surface area contributed by atoms with Gasteiger partial charge in [-0.15, -0.1) is 12.4 Å². The zero-order chi connectivity index (χ0) is 17.5. The minimum Gasteiger partial charge on any atom is -0.399 e. The van der Waals surface area contributed by atoms with Crippen LogP contribution in [0.3, 0.4) is 0 Å². The van der Waals surface area contributed by atoms with Crippen molar-refractivity contribution >= 4 is 42.5 Å². The second-order valence-electron chi connectivity index (χ2n) is 7.49. The normalized spacial score (nSPS) is 24.0. The van der Waals surface area contributed by atoms with Gasteiger partial charge in [-0.3, -0.25) is 4.79 Å². The Balaban J connectivity index is 0.00000225. The average Bonchev–Trinajstić information content (AvgIpc) is 3.05. The third-order valence-corrected chi connectivity index (χ3v) is 5.51. The molecule has 1 unspecified atom stereocenters. The largest absolute Gasteiger partial charge is 0.496 e. The van der Waals surface area contributed by atoms with E-state index in [1.54, 1.807) is 18.2 Å². The highest BCUT2D eigenvalue weighted by atomic mass is 35.5. The molecule has 0 bridgehead atoms. The Kier molecular flexibility index (Phi) is 6.12. The van der Waals surface area contributed by atoms with E-state index >= 15 is 0 Å². The van der Waals surface area contributed by atoms with Gasteiger partial charge >= 0.3 is 7.12 Å². The number of amides is 1. The average molecular weight is 387 g/mol. The van der Waals surface area contributed by atoms with Gasteiger partial charge in [0.2, 0.25) is 0 Å². The highest BCUT2D eigenvalue weighted by molar-refractivity contribution is 6.65. The van der Waals surface area contributed by atoms with Gasteiger partial charge in [0.25, 0.3) is 5.91 Å². The van der Waals surface area contributed by atoms with Crippen LogP contribution in [0.2, 0.25) is 5.02 Å². The molecule has 3 rings (SSSR count). The summed E-state index contributed by atoms with van der Waals surface area (Å²) in [5.74, 6) is -0.0989. The molecule has 2 heterocycles. The molecule has 0 radical (unpaired) electrons. The van der Waals surface area contributed by atoms with Gasteiger partial charge < -0.3 is 19.9 Å². The molecule has 25 heavy (non-hydrogen) atoms. The Morgan fingerprint density at radius 3 is 2.48 bits per heavy atom. The number of carbonyl (C=O) groups is 1. The third kappa shape index (κ3) is 4.14. The molecule has 0 spiro atoms. The monoisotopic (exact) mass is 386 g/mol. The van der Waals surface area contributed by atoms with Crippen molar-refractivity contribution in [3.8, 4) is 0 Å². The van der Waals surface area contributed by atoms with Gasteiger partial charge in [-0.2, -0.15) is 0 Å². The SMILES string of the molecule is CC1(C)OB(c2cc(C(=O)NC3CCNC3)ccc2Cl)OC1(C)C.Cl. The lowest BCUT2D eigenvalue weighted by Crippen LogP contribution is -2.41. The van der Waals surface area contributed by atoms with E-state index < -0.39 is 18.3 Å². The van der Waals surface area contributed by atoms with Gasteiger partial charge in [0.15, 0.2) is 0 Å². The van der Waals surface area contributed by atoms with Crippen LogP contribution >= 0.6 is 24.0 Å². The molecule has 0 aromatic heterocycles. The van der Waals surface area contributed by atoms with Gasteiger partial charge in [0, 0.05) is 28.6 Å². The van der Waals surface area contributed by atoms with Crippen LogP contribution < -0.4 is 16.1 Å². The fourth-order valence-electron chi connectivity index (χ4n) is 2.88. The first-order valence-corrected chi connectivity index (χ1v) is 8.74. The van der Waals surface area contributed by atoms with Crippen LogP contribution in [0.5, 0.6) is 0 Å². The molecule has 1 aromatic carbocycles. The van der Waals surface area contributed by atoms with E-state index in [9.17, 15) is 4.79 Å². The van der Waals surface area contributed by atoms with Crippen LogP contribution in [0.15, 0.2) is 18.2 Å². The topological polar surface area (TPSA) is 59.6 Å². The summed E-state index contributed by atoms with van der Waals surface area (Å²) in [5, 5.41) is 6.81. The number of benzene rings is 1. The van der Waals surface area contributed by atoms with Crippen LogP contribution in [0.25, 0.3) is 0 Å². The number of carbonyl (C=O) groups excluding carboxylic acids is 1. The van der Waals surface area contributed by atoms with Gasteiger partial charge in [-0.25, -0.2) is 0 Å². The van der Waals surface area contributed by atoms with Crippen LogP contribution in [0.1, 0.15) is 44.5 Å². The van der Waals surface area contributed by atoms with Crippen LogP contribution in [-0.2, 0) is 9.31 Å². The Labute approximate surface area is 160 Å². The van der Waals surface area contributed by atoms with Crippen molar-refractivity contribution in [3.05, 3.63) is 28.8 Å². The van der Waals surface area contributed by atoms with E-state index in [-0.39, 0.29) is 24.4 Å². The zero-order valence-electron chi connectivity index (χ0n) is 15.0. The van der Waals surface area contributed by atoms with E-state index in [2.05, 4.69) is 10.6 Å². The van der Waals surface area contributed by atoms with E-state index in [4.69, 9.17) is 20.9 Å². The number of hydrogen-bond donors (Lipinski definition) is 2. The van der Waals surface area contributed by atoms with Crippen LogP contribution in [0.4, 0.5) is 0 Å². The van der Waals surface area contributed by atoms with E-state index in [0.717, 1.165) is 19.5 Å². The summed E-state index contributed by atoms with van der Waals surface area (Å²) in [6.07, 6.45) is 0.948. The summed E-state index contributed by atoms with van der Waals surface area (Å²) in [6.45, 7) is 9.71. The van der Waals surface area contributed by atoms with Crippen LogP contribution in [-0.4, -0.2) is 43.4 Å². The second kappa shape index (κ2) is 7.45. The summed E-state index contributed by atoms with van der Waals surface area (Å²) >= 11 is 6.34. The van der Waals surface area contributed by atoms with E-state index in [1.807, 2.05) is 27.7 Å². The molecule has 8 heteroatoms. The summed E-state index contributed by atoms with van der Waals surface area (Å²) < 4.78 is 12.1. The predicted octanol–water partition coefficient (Wildman–Crippen LogP) is 2.15. The molecule has 0 aliphatic carbocycles. The fraction of sp³-hybridized carbons (Fsp3) is 0.588. The molecule has 138 valence electrons. The molecular weight excluding hydrogens is 362 g/mol. The highest BCUT2D eigenvalue weighted by Crippen LogP contribution is 2.37. The molecule has 2 saturated heterocycles. The first-order chi connectivity index (χ1) is 11.2. The van der Waals surface area contributed by atoms with Crippen molar-refractivity contribution in [3.63, 3.8) is 0 Å². The van der Waals surface area contributed by atoms with Crippen molar-refractivity contribution in [1.29, 1.82) is 0 Å². The minimum atomic E-state index is -0.580. The molecule has 1 atom stereocenters. The number of nitrogens with one attached hydrogen (secondary N) is 2. The summed E-state index contributed by atoms with van der Waals surface area (Å²) in [4.78, 5) is 12.5. The standard InChI is InChI=1S/C17H24BClN2O3.ClH/c1-16(2)17(3,4)24-18(23-16)13-9-11(5-6-14(13)19)15(22)21-12-7-8-20-10-12;/h5-6,9,12,20H,7-8,10H2,1-4H3,(H,21,22);1H. The maximum Gasteiger partial charge on any atom is 0.496 e. The summed E-state index contributed by atoms with van der Waals surface area (Å²) in [6, 6.07) is 5.40. The smallest absolute Gasteiger partial charge is 0.399 e. The molecule has 0 saturated carbocycles. The zero-order valence-corrected chi connectivity index (χ0v) is 16.6. The van der Waals surface area contributed by atoms with Crippen LogP contribution in [0, 0.1) is 0 Å². The van der Waals surface area contributed by atoms with E-state index in [1.165, 1.54) is 0 Å². The second-order valence-corrected chi connectivity index (χ2v) is 7.89. The highest BCUT2D eigenvalue weighted by Gasteiger charge is 2.52. The van der Waals surface area contributed by atoms with Crippen molar-refractivity contribution in [2.75, 3.05) is 13.1 Å². The molecule has 2 fully saturated rings. The van der Waals surface area contributed by atoms with Gasteiger partial charge in [-0.05, 0) is 58.9 Å². The molecule has 1 amide bonds. The first-order valence-electron chi connectivity index (χ1n) is 8.36. The number of halogens is 2. The maximum absolute atomic E-state index is 12.5. The van der Waals surface area contributed by atoms with E-state index in [0.29, 0.717) is 16.0 Å². The van der Waals surface area contributed by atoms with Crippen molar-refractivity contribution in [1.82, 2.24) is 10.6 Å². The number of rotatable bonds is 3. The molecular formula is C17H25BCl2N2O3. The molecule has 2 N–H and O–H groups in total. The first kappa shape index (κ1) is 20.5. The number of hydrogen-bond acceptors (Lipinski definition) is 4. The molecule has 5 nitrogen and oxygen atoms in total. The molecule has 2 aliphatic rings. The van der Waals surface area contributed by atoms with Crippen molar-refractivity contribution < 1.29 is 14.1 Å². The quantitative estimate of drug-likeness (QED) is 0.781. The van der Waals surface area contributed by atoms with Gasteiger partial charge in [0.1, 0.15) is 0 Å². The molecule has 1 aromatic rings. The Morgan fingerprint density at radius 2 is 1.92 bits per heavy atom. The lowest BCUT2D eigenvalue weighted by atomic mass is 9.78. The Morgan fingerprint density at radius 1 is 1.28 bits per heavy atom. The summed E-state index contributed by atoms with van der Waals surface area (Å²) in [5.41, 5.74) is 0.354. The summed E-state index contributed by atoms with van der Waals surface area (Å²) in [7, 11) is -0.580. The van der Waals surface area contributed by atoms with Gasteiger partial charge in [0.05, 0.1) is 11.2 Å². The Bertz CT molecular complexity index is 633. The Hall–Kier alpha value is -0.785. The fourth-order valence-corrected chi connectivity index (χ4v) is 3.09. The predicted molar refractivity (Wildman–Crippen MR) is 103 cm³/mol. The lowest BCUT2D eigenvalue weighted by molar-refractivity contribution is 0.00578. The van der Waals surface area contributed by atoms with Crippen molar-refractivity contribution in [2.24, 2.45) is 0 Å². The lowest BCUT2D eigenvalue weighted by Gasteiger charge is -2.32. The molecule has 2 aliphatic heterocycles. The maximum atomic E-state index is 12.5.